The molecule has 1 aliphatic rings. The fourth-order valence-corrected chi connectivity index (χ4v) is 6.61. The first kappa shape index (κ1) is 21.2. The van der Waals surface area contributed by atoms with Crippen LogP contribution in [-0.4, -0.2) is 16.7 Å². The van der Waals surface area contributed by atoms with E-state index in [-0.39, 0.29) is 11.4 Å². The number of ether oxygens (including phenoxy) is 1. The van der Waals surface area contributed by atoms with E-state index in [2.05, 4.69) is 6.92 Å². The van der Waals surface area contributed by atoms with Crippen molar-refractivity contribution in [3.8, 4) is 11.4 Å². The van der Waals surface area contributed by atoms with Crippen molar-refractivity contribution in [3.05, 3.63) is 80.7 Å². The van der Waals surface area contributed by atoms with Crippen LogP contribution in [0.4, 0.5) is 4.39 Å². The van der Waals surface area contributed by atoms with E-state index in [1.165, 1.54) is 22.7 Å². The highest BCUT2D eigenvalue weighted by Crippen LogP contribution is 2.37. The van der Waals surface area contributed by atoms with Crippen LogP contribution in [0, 0.1) is 11.7 Å². The summed E-state index contributed by atoms with van der Waals surface area (Å²) in [5, 5.41) is 1.31. The summed E-state index contributed by atoms with van der Waals surface area (Å²) in [6.45, 7) is 2.26. The molecule has 32 heavy (non-hydrogen) atoms. The SMILES string of the molecule is COc1ccc(-n2c(SCc3ccccc3F)nc3sc4c(c3c2=O)CCC(C)C4)cc1. The molecule has 4 aromatic rings. The molecule has 1 unspecified atom stereocenters. The van der Waals surface area contributed by atoms with Crippen molar-refractivity contribution in [2.45, 2.75) is 37.1 Å². The van der Waals surface area contributed by atoms with Gasteiger partial charge in [0, 0.05) is 10.6 Å². The van der Waals surface area contributed by atoms with Gasteiger partial charge < -0.3 is 4.74 Å². The van der Waals surface area contributed by atoms with Gasteiger partial charge in [-0.2, -0.15) is 0 Å². The average Bonchev–Trinajstić information content (AvgIpc) is 3.16. The first-order valence-corrected chi connectivity index (χ1v) is 12.4. The molecule has 0 spiro atoms. The first-order chi connectivity index (χ1) is 15.5. The molecule has 0 saturated carbocycles. The number of benzene rings is 2. The van der Waals surface area contributed by atoms with E-state index in [1.54, 1.807) is 35.1 Å². The Morgan fingerprint density at radius 2 is 2.00 bits per heavy atom. The number of fused-ring (bicyclic) bond motifs is 3. The van der Waals surface area contributed by atoms with Crippen LogP contribution in [0.1, 0.15) is 29.3 Å². The lowest BCUT2D eigenvalue weighted by Gasteiger charge is -2.18. The van der Waals surface area contributed by atoms with E-state index in [4.69, 9.17) is 9.72 Å². The van der Waals surface area contributed by atoms with Gasteiger partial charge in [0.2, 0.25) is 0 Å². The van der Waals surface area contributed by atoms with Gasteiger partial charge in [-0.3, -0.25) is 9.36 Å². The second-order valence-corrected chi connectivity index (χ2v) is 10.2. The first-order valence-electron chi connectivity index (χ1n) is 10.6. The Hall–Kier alpha value is -2.64. The van der Waals surface area contributed by atoms with Crippen molar-refractivity contribution in [3.63, 3.8) is 0 Å². The molecule has 2 aromatic carbocycles. The number of hydrogen-bond acceptors (Lipinski definition) is 5. The highest BCUT2D eigenvalue weighted by molar-refractivity contribution is 7.98. The van der Waals surface area contributed by atoms with E-state index < -0.39 is 0 Å². The zero-order valence-corrected chi connectivity index (χ0v) is 19.6. The van der Waals surface area contributed by atoms with Gasteiger partial charge in [0.15, 0.2) is 5.16 Å². The maximum atomic E-state index is 14.2. The third-order valence-electron chi connectivity index (χ3n) is 5.94. The van der Waals surface area contributed by atoms with Gasteiger partial charge in [0.1, 0.15) is 16.4 Å². The lowest BCUT2D eigenvalue weighted by atomic mass is 9.89. The monoisotopic (exact) mass is 466 g/mol. The number of halogens is 1. The molecule has 2 aromatic heterocycles. The molecule has 0 radical (unpaired) electrons. The maximum Gasteiger partial charge on any atom is 0.267 e. The second kappa shape index (κ2) is 8.71. The number of aromatic nitrogens is 2. The van der Waals surface area contributed by atoms with E-state index in [9.17, 15) is 9.18 Å². The smallest absolute Gasteiger partial charge is 0.267 e. The molecule has 5 rings (SSSR count). The molecule has 0 N–H and O–H groups in total. The second-order valence-electron chi connectivity index (χ2n) is 8.14. The summed E-state index contributed by atoms with van der Waals surface area (Å²) < 4.78 is 21.2. The van der Waals surface area contributed by atoms with Crippen molar-refractivity contribution in [2.24, 2.45) is 5.92 Å². The zero-order valence-electron chi connectivity index (χ0n) is 17.9. The number of aryl methyl sites for hydroxylation is 1. The van der Waals surface area contributed by atoms with Crippen molar-refractivity contribution in [1.82, 2.24) is 9.55 Å². The Morgan fingerprint density at radius 3 is 2.75 bits per heavy atom. The molecule has 0 fully saturated rings. The molecule has 4 nitrogen and oxygen atoms in total. The molecule has 0 aliphatic heterocycles. The Bertz CT molecular complexity index is 1340. The lowest BCUT2D eigenvalue weighted by molar-refractivity contribution is 0.414. The molecule has 164 valence electrons. The van der Waals surface area contributed by atoms with Crippen LogP contribution in [0.3, 0.4) is 0 Å². The van der Waals surface area contributed by atoms with Crippen LogP contribution < -0.4 is 10.3 Å². The Morgan fingerprint density at radius 1 is 1.22 bits per heavy atom. The van der Waals surface area contributed by atoms with E-state index in [0.717, 1.165) is 46.5 Å². The average molecular weight is 467 g/mol. The minimum absolute atomic E-state index is 0.0525. The zero-order chi connectivity index (χ0) is 22.2. The number of hydrogen-bond donors (Lipinski definition) is 0. The van der Waals surface area contributed by atoms with Crippen molar-refractivity contribution in [2.75, 3.05) is 7.11 Å². The molecule has 2 heterocycles. The fraction of sp³-hybridized carbons (Fsp3) is 0.280. The molecule has 0 saturated heterocycles. The van der Waals surface area contributed by atoms with Crippen LogP contribution >= 0.6 is 23.1 Å². The Kier molecular flexibility index (Phi) is 5.78. The summed E-state index contributed by atoms with van der Waals surface area (Å²) in [6, 6.07) is 14.1. The number of thioether (sulfide) groups is 1. The van der Waals surface area contributed by atoms with Crippen molar-refractivity contribution < 1.29 is 9.13 Å². The predicted octanol–water partition coefficient (Wildman–Crippen LogP) is 6.01. The summed E-state index contributed by atoms with van der Waals surface area (Å²) in [6.07, 6.45) is 3.00. The molecular weight excluding hydrogens is 443 g/mol. The minimum Gasteiger partial charge on any atom is -0.497 e. The number of nitrogens with zero attached hydrogens (tertiary/aromatic N) is 2. The lowest BCUT2D eigenvalue weighted by Crippen LogP contribution is -2.22. The van der Waals surface area contributed by atoms with E-state index >= 15 is 0 Å². The number of rotatable bonds is 5. The van der Waals surface area contributed by atoms with Gasteiger partial charge in [0.25, 0.3) is 5.56 Å². The Labute approximate surface area is 194 Å². The van der Waals surface area contributed by atoms with Crippen molar-refractivity contribution in [1.29, 1.82) is 0 Å². The van der Waals surface area contributed by atoms with Gasteiger partial charge in [-0.15, -0.1) is 11.3 Å². The standard InChI is InChI=1S/C25H23FN2O2S2/c1-15-7-12-19-21(13-15)32-23-22(19)24(29)28(17-8-10-18(30-2)11-9-17)25(27-23)31-14-16-5-3-4-6-20(16)26/h3-6,8-11,15H,7,12-14H2,1-2H3. The Balaban J connectivity index is 1.66. The van der Waals surface area contributed by atoms with Crippen LogP contribution in [0.15, 0.2) is 58.5 Å². The van der Waals surface area contributed by atoms with Gasteiger partial charge >= 0.3 is 0 Å². The molecule has 0 amide bonds. The third kappa shape index (κ3) is 3.84. The van der Waals surface area contributed by atoms with Crippen LogP contribution in [-0.2, 0) is 18.6 Å². The molecule has 7 heteroatoms. The van der Waals surface area contributed by atoms with Gasteiger partial charge in [-0.05, 0) is 66.6 Å². The largest absolute Gasteiger partial charge is 0.497 e. The van der Waals surface area contributed by atoms with Crippen LogP contribution in [0.2, 0.25) is 0 Å². The highest BCUT2D eigenvalue weighted by atomic mass is 32.2. The molecular formula is C25H23FN2O2S2. The van der Waals surface area contributed by atoms with Gasteiger partial charge in [0.05, 0.1) is 18.2 Å². The summed E-state index contributed by atoms with van der Waals surface area (Å²) in [4.78, 5) is 20.8. The maximum absolute atomic E-state index is 14.2. The van der Waals surface area contributed by atoms with Crippen LogP contribution in [0.5, 0.6) is 5.75 Å². The van der Waals surface area contributed by atoms with Gasteiger partial charge in [-0.1, -0.05) is 36.9 Å². The highest BCUT2D eigenvalue weighted by Gasteiger charge is 2.25. The van der Waals surface area contributed by atoms with Gasteiger partial charge in [-0.25, -0.2) is 9.37 Å². The molecule has 0 bridgehead atoms. The van der Waals surface area contributed by atoms with Crippen molar-refractivity contribution >= 4 is 33.3 Å². The number of methoxy groups -OCH3 is 1. The van der Waals surface area contributed by atoms with Crippen LogP contribution in [0.25, 0.3) is 15.9 Å². The number of thiophene rings is 1. The van der Waals surface area contributed by atoms with E-state index in [0.29, 0.717) is 22.4 Å². The summed E-state index contributed by atoms with van der Waals surface area (Å²) in [5.74, 6) is 1.48. The molecule has 1 atom stereocenters. The fourth-order valence-electron chi connectivity index (χ4n) is 4.18. The molecule has 1 aliphatic carbocycles. The topological polar surface area (TPSA) is 44.1 Å². The normalized spacial score (nSPS) is 15.7. The minimum atomic E-state index is -0.250. The third-order valence-corrected chi connectivity index (χ3v) is 8.08. The summed E-state index contributed by atoms with van der Waals surface area (Å²) >= 11 is 3.02. The predicted molar refractivity (Wildman–Crippen MR) is 129 cm³/mol. The summed E-state index contributed by atoms with van der Waals surface area (Å²) in [5.41, 5.74) is 2.43. The quantitative estimate of drug-likeness (QED) is 0.267. The van der Waals surface area contributed by atoms with E-state index in [1.807, 2.05) is 30.3 Å². The summed E-state index contributed by atoms with van der Waals surface area (Å²) in [7, 11) is 1.61.